The molecule has 434 valence electrons. The van der Waals surface area contributed by atoms with Crippen LogP contribution < -0.4 is 0 Å². The summed E-state index contributed by atoms with van der Waals surface area (Å²) in [6.07, 6.45) is 17.8. The van der Waals surface area contributed by atoms with E-state index in [1.807, 2.05) is 24.5 Å². The van der Waals surface area contributed by atoms with Crippen molar-refractivity contribution in [3.05, 3.63) is 289 Å². The van der Waals surface area contributed by atoms with Gasteiger partial charge in [0.2, 0.25) is 5.78 Å². The largest absolute Gasteiger partial charge is 0.329 e. The summed E-state index contributed by atoms with van der Waals surface area (Å²) in [5, 5.41) is 14.7. The van der Waals surface area contributed by atoms with Crippen LogP contribution in [0.2, 0.25) is 0 Å². The van der Waals surface area contributed by atoms with Gasteiger partial charge in [-0.15, -0.1) is 0 Å². The van der Waals surface area contributed by atoms with Gasteiger partial charge in [-0.1, -0.05) is 199 Å². The van der Waals surface area contributed by atoms with E-state index in [0.29, 0.717) is 5.56 Å². The lowest BCUT2D eigenvalue weighted by molar-refractivity contribution is 0.429. The third-order valence-electron chi connectivity index (χ3n) is 18.2. The van der Waals surface area contributed by atoms with Crippen LogP contribution in [0.15, 0.2) is 259 Å². The minimum atomic E-state index is -0.103. The van der Waals surface area contributed by atoms with Crippen LogP contribution in [0.25, 0.3) is 111 Å². The number of aromatic nitrogens is 4. The second kappa shape index (κ2) is 22.3. The molecule has 0 radical (unpaired) electrons. The van der Waals surface area contributed by atoms with Crippen molar-refractivity contribution in [2.75, 3.05) is 0 Å². The molecule has 0 amide bonds. The number of benzene rings is 9. The molecule has 1 unspecified atom stereocenters. The standard InChI is InChI=1S/C83H67N7/c1-82(2,3)62-38-46-74-70(50-62)71-51-63(83(4,5)6)39-47-75(71)89(74)80-69(61-37-45-76-78(49-61)90-77-48-60(56-24-14-8-15-25-56)36-44-73(77)86-81(90)88(76)67-30-20-11-21-31-67)52-68(79(72(80)53-84)59-26-16-9-17-27-59)58-34-42-66(43-35-58)87(65-28-18-10-19-29-65)54-85-64-40-32-57(33-41-64)55-22-12-7-13-23-55/h7,9-14,16-28,30-34,36-42,44-52,54,65H,29,35,43H2,1-6H3/b85-54+. The maximum absolute atomic E-state index is 12.4. The van der Waals surface area contributed by atoms with Crippen LogP contribution in [0.1, 0.15) is 83.1 Å². The highest BCUT2D eigenvalue weighted by Gasteiger charge is 2.30. The number of allylic oxidation sites excluding steroid dienone is 6. The first-order chi connectivity index (χ1) is 43.9. The Balaban J connectivity index is 0.990. The molecular weight excluding hydrogens is 1090 g/mol. The van der Waals surface area contributed by atoms with E-state index in [-0.39, 0.29) is 16.9 Å². The molecule has 7 nitrogen and oxygen atoms in total. The molecule has 0 spiro atoms. The molecule has 13 aromatic rings. The SMILES string of the molecule is CC(C)(C)c1ccc2c(c1)c1cc(C(C)(C)C)ccc1n2-c1c(-c2ccc3c(c2)n2c4cc(-c5cc#ccc5)ccc4nc2n3-c2ccccc2)cc(C2=CC=C(N(/C=N/c3ccc(-c4ccccc4)cc3)C3C=CC=CC3)CC2)c(-c2ccccc2)c1C#N. The second-order valence-electron chi connectivity index (χ2n) is 25.9. The molecule has 0 N–H and O–H groups in total. The van der Waals surface area contributed by atoms with Crippen LogP contribution in [0.3, 0.4) is 0 Å². The Labute approximate surface area is 526 Å². The molecule has 90 heavy (non-hydrogen) atoms. The molecule has 0 saturated carbocycles. The van der Waals surface area contributed by atoms with Gasteiger partial charge in [0.05, 0.1) is 62.4 Å². The van der Waals surface area contributed by atoms with Crippen LogP contribution in [-0.2, 0) is 10.8 Å². The zero-order chi connectivity index (χ0) is 61.3. The normalized spacial score (nSPS) is 14.4. The van der Waals surface area contributed by atoms with Gasteiger partial charge < -0.3 is 9.47 Å². The number of para-hydroxylation sites is 1. The molecule has 7 heteroatoms. The van der Waals surface area contributed by atoms with E-state index in [4.69, 9.17) is 9.98 Å². The fourth-order valence-corrected chi connectivity index (χ4v) is 13.5. The van der Waals surface area contributed by atoms with Gasteiger partial charge in [-0.2, -0.15) is 5.26 Å². The summed E-state index contributed by atoms with van der Waals surface area (Å²) in [7, 11) is 0. The second-order valence-corrected chi connectivity index (χ2v) is 25.9. The summed E-state index contributed by atoms with van der Waals surface area (Å²) in [4.78, 5) is 12.9. The maximum Gasteiger partial charge on any atom is 0.220 e. The van der Waals surface area contributed by atoms with E-state index in [2.05, 4.69) is 309 Å². The maximum atomic E-state index is 12.4. The van der Waals surface area contributed by atoms with Crippen LogP contribution >= 0.6 is 0 Å². The van der Waals surface area contributed by atoms with Gasteiger partial charge >= 0.3 is 0 Å². The van der Waals surface area contributed by atoms with E-state index < -0.39 is 0 Å². The number of nitriles is 1. The predicted octanol–water partition coefficient (Wildman–Crippen LogP) is 20.9. The monoisotopic (exact) mass is 1160 g/mol. The molecule has 0 bridgehead atoms. The summed E-state index contributed by atoms with van der Waals surface area (Å²) < 4.78 is 6.99. The van der Waals surface area contributed by atoms with Gasteiger partial charge in [0.15, 0.2) is 0 Å². The summed E-state index contributed by atoms with van der Waals surface area (Å²) >= 11 is 0. The number of fused-ring (bicyclic) bond motifs is 8. The van der Waals surface area contributed by atoms with Crippen molar-refractivity contribution in [1.29, 1.82) is 5.26 Å². The summed E-state index contributed by atoms with van der Waals surface area (Å²) in [5.74, 6) is 0.813. The van der Waals surface area contributed by atoms with Crippen molar-refractivity contribution in [3.8, 4) is 62.0 Å². The van der Waals surface area contributed by atoms with Gasteiger partial charge in [-0.05, 0) is 189 Å². The van der Waals surface area contributed by atoms with Crippen LogP contribution in [-0.4, -0.2) is 35.8 Å². The molecule has 0 aliphatic heterocycles. The zero-order valence-corrected chi connectivity index (χ0v) is 51.6. The molecule has 2 aliphatic rings. The van der Waals surface area contributed by atoms with E-state index in [0.717, 1.165) is 136 Å². The molecule has 3 heterocycles. The number of aliphatic imine (C=N–C) groups is 1. The first-order valence-electron chi connectivity index (χ1n) is 31.2. The van der Waals surface area contributed by atoms with Gasteiger partial charge in [-0.25, -0.2) is 9.98 Å². The fraction of sp³-hybridized carbons (Fsp3) is 0.145. The molecule has 15 rings (SSSR count). The van der Waals surface area contributed by atoms with Crippen LogP contribution in [0.5, 0.6) is 0 Å². The Morgan fingerprint density at radius 1 is 0.567 bits per heavy atom. The minimum Gasteiger partial charge on any atom is -0.329 e. The van der Waals surface area contributed by atoms with E-state index >= 15 is 0 Å². The minimum absolute atomic E-state index is 0.0949. The lowest BCUT2D eigenvalue weighted by atomic mass is 9.83. The van der Waals surface area contributed by atoms with Gasteiger partial charge in [0.25, 0.3) is 0 Å². The van der Waals surface area contributed by atoms with Crippen molar-refractivity contribution in [1.82, 2.24) is 23.4 Å². The van der Waals surface area contributed by atoms with Gasteiger partial charge in [0.1, 0.15) is 6.07 Å². The molecule has 3 aromatic heterocycles. The average Bonchev–Trinajstić information content (AvgIpc) is 1.52. The van der Waals surface area contributed by atoms with Crippen molar-refractivity contribution in [2.45, 2.75) is 77.7 Å². The Kier molecular flexibility index (Phi) is 13.8. The Morgan fingerprint density at radius 2 is 1.21 bits per heavy atom. The third-order valence-corrected chi connectivity index (χ3v) is 18.2. The summed E-state index contributed by atoms with van der Waals surface area (Å²) in [6.45, 7) is 13.7. The number of imidazole rings is 2. The van der Waals surface area contributed by atoms with Gasteiger partial charge in [0, 0.05) is 33.3 Å². The van der Waals surface area contributed by atoms with E-state index in [9.17, 15) is 5.26 Å². The Hall–Kier alpha value is -11.0. The van der Waals surface area contributed by atoms with Gasteiger partial charge in [-0.3, -0.25) is 8.97 Å². The Morgan fingerprint density at radius 3 is 1.84 bits per heavy atom. The lowest BCUT2D eigenvalue weighted by Crippen LogP contribution is -2.33. The highest BCUT2D eigenvalue weighted by atomic mass is 15.2. The molecule has 10 aromatic carbocycles. The molecular formula is C83H67N7. The first-order valence-corrected chi connectivity index (χ1v) is 31.2. The van der Waals surface area contributed by atoms with Crippen molar-refractivity contribution < 1.29 is 0 Å². The fourth-order valence-electron chi connectivity index (χ4n) is 13.5. The van der Waals surface area contributed by atoms with E-state index in [1.165, 1.54) is 22.4 Å². The lowest BCUT2D eigenvalue weighted by Gasteiger charge is -2.32. The molecule has 1 atom stereocenters. The smallest absolute Gasteiger partial charge is 0.220 e. The van der Waals surface area contributed by atoms with Crippen LogP contribution in [0, 0.1) is 23.5 Å². The van der Waals surface area contributed by atoms with Crippen molar-refractivity contribution >= 4 is 67.2 Å². The van der Waals surface area contributed by atoms with E-state index in [1.54, 1.807) is 0 Å². The number of nitrogens with zero attached hydrogens (tertiary/aromatic N) is 7. The van der Waals surface area contributed by atoms with Crippen molar-refractivity contribution in [3.63, 3.8) is 0 Å². The number of hydrogen-bond acceptors (Lipinski definition) is 3. The summed E-state index contributed by atoms with van der Waals surface area (Å²) in [6, 6.07) is 85.0. The van der Waals surface area contributed by atoms with Crippen molar-refractivity contribution in [2.24, 2.45) is 4.99 Å². The Bertz CT molecular complexity index is 5070. The molecule has 0 fully saturated rings. The third kappa shape index (κ3) is 9.90. The molecule has 2 aliphatic carbocycles. The average molecular weight is 1160 g/mol. The molecule has 0 saturated heterocycles. The highest BCUT2D eigenvalue weighted by Crippen LogP contribution is 2.48. The highest BCUT2D eigenvalue weighted by molar-refractivity contribution is 6.11. The van der Waals surface area contributed by atoms with Crippen LogP contribution in [0.4, 0.5) is 5.69 Å². The topological polar surface area (TPSA) is 66.5 Å². The zero-order valence-electron chi connectivity index (χ0n) is 51.6. The quantitative estimate of drug-likeness (QED) is 0.0957. The number of hydrogen-bond donors (Lipinski definition) is 0. The summed E-state index contributed by atoms with van der Waals surface area (Å²) in [5.41, 5.74) is 23.3. The number of rotatable bonds is 11. The first kappa shape index (κ1) is 55.6. The predicted molar refractivity (Wildman–Crippen MR) is 374 cm³/mol.